The number of ether oxygens (including phenoxy) is 2. The van der Waals surface area contributed by atoms with Crippen LogP contribution in [0.1, 0.15) is 27.6 Å². The van der Waals surface area contributed by atoms with Crippen molar-refractivity contribution in [1.82, 2.24) is 0 Å². The molecule has 132 valence electrons. The third kappa shape index (κ3) is 4.29. The highest BCUT2D eigenvalue weighted by molar-refractivity contribution is 5.99. The van der Waals surface area contributed by atoms with Gasteiger partial charge in [0, 0.05) is 5.56 Å². The van der Waals surface area contributed by atoms with Crippen LogP contribution in [0.4, 0.5) is 0 Å². The van der Waals surface area contributed by atoms with Crippen molar-refractivity contribution in [2.24, 2.45) is 0 Å². The zero-order valence-electron chi connectivity index (χ0n) is 14.5. The molecule has 3 aromatic rings. The normalized spacial score (nSPS) is 11.6. The van der Waals surface area contributed by atoms with Crippen molar-refractivity contribution in [3.05, 3.63) is 95.6 Å². The first-order chi connectivity index (χ1) is 12.7. The topological polar surface area (TPSA) is 55.8 Å². The zero-order valence-corrected chi connectivity index (χ0v) is 14.5. The summed E-state index contributed by atoms with van der Waals surface area (Å²) in [5.41, 5.74) is 2.03. The van der Waals surface area contributed by atoms with Gasteiger partial charge in [-0.3, -0.25) is 4.79 Å². The number of aliphatic hydroxyl groups excluding tert-OH is 1. The van der Waals surface area contributed by atoms with Gasteiger partial charge in [-0.25, -0.2) is 0 Å². The monoisotopic (exact) mass is 348 g/mol. The van der Waals surface area contributed by atoms with Crippen molar-refractivity contribution in [3.8, 4) is 11.5 Å². The van der Waals surface area contributed by atoms with E-state index in [0.29, 0.717) is 29.2 Å². The molecule has 4 nitrogen and oxygen atoms in total. The fraction of sp³-hybridized carbons (Fsp3) is 0.136. The predicted molar refractivity (Wildman–Crippen MR) is 99.5 cm³/mol. The van der Waals surface area contributed by atoms with Gasteiger partial charge in [-0.15, -0.1) is 0 Å². The molecule has 3 rings (SSSR count). The molecule has 26 heavy (non-hydrogen) atoms. The molecule has 0 saturated heterocycles. The first kappa shape index (κ1) is 17.7. The molecule has 0 aliphatic carbocycles. The second-order valence-electron chi connectivity index (χ2n) is 5.84. The van der Waals surface area contributed by atoms with Crippen LogP contribution in [0.2, 0.25) is 0 Å². The Morgan fingerprint density at radius 1 is 0.885 bits per heavy atom. The van der Waals surface area contributed by atoms with Crippen molar-refractivity contribution in [1.29, 1.82) is 0 Å². The number of methoxy groups -OCH3 is 1. The Morgan fingerprint density at radius 3 is 2.12 bits per heavy atom. The maximum absolute atomic E-state index is 12.4. The van der Waals surface area contributed by atoms with E-state index in [0.717, 1.165) is 5.56 Å². The second-order valence-corrected chi connectivity index (χ2v) is 5.84. The lowest BCUT2D eigenvalue weighted by Crippen LogP contribution is -2.12. The minimum absolute atomic E-state index is 0.356. The molecule has 0 saturated carbocycles. The highest BCUT2D eigenvalue weighted by atomic mass is 16.5. The quantitative estimate of drug-likeness (QED) is 0.651. The number of carbonyl (C=O) groups excluding carboxylic acids is 1. The maximum Gasteiger partial charge on any atom is 0.195 e. The van der Waals surface area contributed by atoms with Crippen molar-refractivity contribution in [2.45, 2.75) is 12.7 Å². The standard InChI is InChI=1S/C22H20O4/c1-25-19-11-7-17(8-12-19)21(23)22(24)18-9-13-20(14-10-18)26-15-16-5-3-2-4-6-16/h2-14,22,24H,15H2,1H3. The number of aliphatic hydroxyl groups is 1. The van der Waals surface area contributed by atoms with Gasteiger partial charge in [0.15, 0.2) is 5.78 Å². The summed E-state index contributed by atoms with van der Waals surface area (Å²) >= 11 is 0. The molecule has 0 heterocycles. The molecule has 1 atom stereocenters. The van der Waals surface area contributed by atoms with Crippen LogP contribution >= 0.6 is 0 Å². The molecule has 3 aromatic carbocycles. The van der Waals surface area contributed by atoms with Gasteiger partial charge in [0.25, 0.3) is 0 Å². The molecule has 0 aromatic heterocycles. The molecule has 0 bridgehead atoms. The van der Waals surface area contributed by atoms with Crippen LogP contribution in [0.15, 0.2) is 78.9 Å². The van der Waals surface area contributed by atoms with Crippen LogP contribution in [0, 0.1) is 0 Å². The molecule has 0 amide bonds. The van der Waals surface area contributed by atoms with E-state index < -0.39 is 6.10 Å². The van der Waals surface area contributed by atoms with E-state index in [4.69, 9.17) is 9.47 Å². The molecule has 0 aliphatic heterocycles. The second kappa shape index (κ2) is 8.32. The molecule has 0 radical (unpaired) electrons. The van der Waals surface area contributed by atoms with E-state index in [9.17, 15) is 9.90 Å². The summed E-state index contributed by atoms with van der Waals surface area (Å²) in [6.07, 6.45) is -1.22. The highest BCUT2D eigenvalue weighted by Gasteiger charge is 2.19. The smallest absolute Gasteiger partial charge is 0.195 e. The number of hydrogen-bond acceptors (Lipinski definition) is 4. The van der Waals surface area contributed by atoms with Gasteiger partial charge < -0.3 is 14.6 Å². The number of hydrogen-bond donors (Lipinski definition) is 1. The third-order valence-electron chi connectivity index (χ3n) is 4.07. The number of rotatable bonds is 7. The fourth-order valence-electron chi connectivity index (χ4n) is 2.55. The summed E-state index contributed by atoms with van der Waals surface area (Å²) in [5.74, 6) is 0.989. The summed E-state index contributed by atoms with van der Waals surface area (Å²) in [4.78, 5) is 12.4. The summed E-state index contributed by atoms with van der Waals surface area (Å²) in [6.45, 7) is 0.466. The van der Waals surface area contributed by atoms with E-state index in [1.54, 1.807) is 55.6 Å². The minimum atomic E-state index is -1.22. The fourth-order valence-corrected chi connectivity index (χ4v) is 2.55. The Hall–Kier alpha value is -3.11. The predicted octanol–water partition coefficient (Wildman–Crippen LogP) is 4.19. The summed E-state index contributed by atoms with van der Waals surface area (Å²) in [6, 6.07) is 23.4. The average molecular weight is 348 g/mol. The third-order valence-corrected chi connectivity index (χ3v) is 4.07. The Morgan fingerprint density at radius 2 is 1.50 bits per heavy atom. The number of Topliss-reactive ketones (excluding diaryl/α,β-unsaturated/α-hetero) is 1. The number of carbonyl (C=O) groups is 1. The zero-order chi connectivity index (χ0) is 18.4. The molecular weight excluding hydrogens is 328 g/mol. The van der Waals surface area contributed by atoms with Gasteiger partial charge in [0.1, 0.15) is 24.2 Å². The maximum atomic E-state index is 12.4. The van der Waals surface area contributed by atoms with Gasteiger partial charge >= 0.3 is 0 Å². The Labute approximate surface area is 152 Å². The van der Waals surface area contributed by atoms with Gasteiger partial charge in [-0.2, -0.15) is 0 Å². The van der Waals surface area contributed by atoms with Crippen molar-refractivity contribution < 1.29 is 19.4 Å². The summed E-state index contributed by atoms with van der Waals surface area (Å²) < 4.78 is 10.8. The molecule has 0 fully saturated rings. The lowest BCUT2D eigenvalue weighted by molar-refractivity contribution is 0.0747. The van der Waals surface area contributed by atoms with Crippen LogP contribution in [0.5, 0.6) is 11.5 Å². The van der Waals surface area contributed by atoms with E-state index in [1.807, 2.05) is 30.3 Å². The number of benzene rings is 3. The molecule has 1 unspecified atom stereocenters. The first-order valence-electron chi connectivity index (χ1n) is 8.30. The average Bonchev–Trinajstić information content (AvgIpc) is 2.72. The van der Waals surface area contributed by atoms with Crippen molar-refractivity contribution in [2.75, 3.05) is 7.11 Å². The van der Waals surface area contributed by atoms with Gasteiger partial charge in [0.05, 0.1) is 7.11 Å². The van der Waals surface area contributed by atoms with Gasteiger partial charge in [-0.1, -0.05) is 42.5 Å². The van der Waals surface area contributed by atoms with E-state index in [1.165, 1.54) is 0 Å². The van der Waals surface area contributed by atoms with Crippen molar-refractivity contribution in [3.63, 3.8) is 0 Å². The van der Waals surface area contributed by atoms with Crippen LogP contribution in [-0.2, 0) is 6.61 Å². The lowest BCUT2D eigenvalue weighted by atomic mass is 10.00. The summed E-state index contributed by atoms with van der Waals surface area (Å²) in [5, 5.41) is 10.3. The van der Waals surface area contributed by atoms with Gasteiger partial charge in [-0.05, 0) is 47.5 Å². The first-order valence-corrected chi connectivity index (χ1v) is 8.30. The lowest BCUT2D eigenvalue weighted by Gasteiger charge is -2.12. The van der Waals surface area contributed by atoms with Gasteiger partial charge in [0.2, 0.25) is 0 Å². The van der Waals surface area contributed by atoms with Crippen molar-refractivity contribution >= 4 is 5.78 Å². The molecule has 4 heteroatoms. The number of ketones is 1. The highest BCUT2D eigenvalue weighted by Crippen LogP contribution is 2.23. The van der Waals surface area contributed by atoms with Crippen LogP contribution in [0.25, 0.3) is 0 Å². The van der Waals surface area contributed by atoms with Crippen LogP contribution in [0.3, 0.4) is 0 Å². The molecular formula is C22H20O4. The van der Waals surface area contributed by atoms with E-state index >= 15 is 0 Å². The van der Waals surface area contributed by atoms with E-state index in [2.05, 4.69) is 0 Å². The largest absolute Gasteiger partial charge is 0.497 e. The summed E-state index contributed by atoms with van der Waals surface area (Å²) in [7, 11) is 1.56. The molecule has 1 N–H and O–H groups in total. The van der Waals surface area contributed by atoms with E-state index in [-0.39, 0.29) is 5.78 Å². The Balaban J connectivity index is 1.64. The van der Waals surface area contributed by atoms with Crippen LogP contribution in [-0.4, -0.2) is 18.0 Å². The molecule has 0 spiro atoms. The molecule has 0 aliphatic rings. The Bertz CT molecular complexity index is 840. The SMILES string of the molecule is COc1ccc(C(=O)C(O)c2ccc(OCc3ccccc3)cc2)cc1. The van der Waals surface area contributed by atoms with Crippen LogP contribution < -0.4 is 9.47 Å². The minimum Gasteiger partial charge on any atom is -0.497 e. The Kier molecular flexibility index (Phi) is 5.66.